The van der Waals surface area contributed by atoms with E-state index in [2.05, 4.69) is 12.2 Å². The lowest BCUT2D eigenvalue weighted by molar-refractivity contribution is -0.134. The first kappa shape index (κ1) is 15.4. The second-order valence-electron chi connectivity index (χ2n) is 5.48. The summed E-state index contributed by atoms with van der Waals surface area (Å²) in [6, 6.07) is 0.00718. The van der Waals surface area contributed by atoms with Crippen LogP contribution >= 0.6 is 0 Å². The third-order valence-electron chi connectivity index (χ3n) is 3.64. The topological polar surface area (TPSA) is 41.6 Å². The molecule has 0 spiro atoms. The smallest absolute Gasteiger partial charge is 0.239 e. The van der Waals surface area contributed by atoms with E-state index in [1.807, 2.05) is 20.9 Å². The fraction of sp³-hybridized carbons (Fsp3) is 0.929. The van der Waals surface area contributed by atoms with E-state index in [1.54, 1.807) is 4.90 Å². The van der Waals surface area contributed by atoms with E-state index in [4.69, 9.17) is 4.74 Å². The van der Waals surface area contributed by atoms with Gasteiger partial charge in [0, 0.05) is 13.6 Å². The summed E-state index contributed by atoms with van der Waals surface area (Å²) in [7, 11) is 1.86. The van der Waals surface area contributed by atoms with Gasteiger partial charge in [-0.1, -0.05) is 13.3 Å². The molecule has 1 rings (SSSR count). The standard InChI is InChI=1S/C14H28N2O2/c1-5-12-6-7-15-13(10-12)14(17)16(4)8-9-18-11(2)3/h11-13,15H,5-10H2,1-4H3. The highest BCUT2D eigenvalue weighted by Crippen LogP contribution is 2.20. The van der Waals surface area contributed by atoms with Crippen molar-refractivity contribution in [3.05, 3.63) is 0 Å². The number of piperidine rings is 1. The van der Waals surface area contributed by atoms with Crippen molar-refractivity contribution in [1.29, 1.82) is 0 Å². The van der Waals surface area contributed by atoms with Crippen LogP contribution in [0.2, 0.25) is 0 Å². The van der Waals surface area contributed by atoms with Gasteiger partial charge in [0.1, 0.15) is 0 Å². The van der Waals surface area contributed by atoms with Gasteiger partial charge in [-0.15, -0.1) is 0 Å². The van der Waals surface area contributed by atoms with Crippen LogP contribution in [-0.4, -0.2) is 49.7 Å². The number of likely N-dealkylation sites (N-methyl/N-ethyl adjacent to an activating group) is 1. The maximum Gasteiger partial charge on any atom is 0.239 e. The summed E-state index contributed by atoms with van der Waals surface area (Å²) in [5.41, 5.74) is 0. The molecule has 1 heterocycles. The van der Waals surface area contributed by atoms with E-state index in [1.165, 1.54) is 12.8 Å². The highest BCUT2D eigenvalue weighted by molar-refractivity contribution is 5.81. The zero-order valence-electron chi connectivity index (χ0n) is 12.2. The van der Waals surface area contributed by atoms with Crippen LogP contribution in [0.1, 0.15) is 40.0 Å². The van der Waals surface area contributed by atoms with Crippen LogP contribution in [0.3, 0.4) is 0 Å². The Labute approximate surface area is 111 Å². The lowest BCUT2D eigenvalue weighted by Crippen LogP contribution is -2.49. The fourth-order valence-corrected chi connectivity index (χ4v) is 2.36. The Kier molecular flexibility index (Phi) is 6.65. The average Bonchev–Trinajstić information content (AvgIpc) is 2.37. The van der Waals surface area contributed by atoms with E-state index >= 15 is 0 Å². The molecule has 1 aliphatic rings. The molecule has 0 aliphatic carbocycles. The zero-order chi connectivity index (χ0) is 13.5. The Balaban J connectivity index is 2.33. The number of hydrogen-bond acceptors (Lipinski definition) is 3. The van der Waals surface area contributed by atoms with E-state index in [9.17, 15) is 4.79 Å². The number of nitrogens with one attached hydrogen (secondary N) is 1. The van der Waals surface area contributed by atoms with Gasteiger partial charge in [0.15, 0.2) is 0 Å². The van der Waals surface area contributed by atoms with E-state index in [0.717, 1.165) is 13.0 Å². The average molecular weight is 256 g/mol. The Morgan fingerprint density at radius 2 is 2.22 bits per heavy atom. The third-order valence-corrected chi connectivity index (χ3v) is 3.64. The minimum absolute atomic E-state index is 0.00718. The Morgan fingerprint density at radius 1 is 1.50 bits per heavy atom. The van der Waals surface area contributed by atoms with Crippen LogP contribution < -0.4 is 5.32 Å². The summed E-state index contributed by atoms with van der Waals surface area (Å²) in [5.74, 6) is 0.904. The molecule has 2 atom stereocenters. The fourth-order valence-electron chi connectivity index (χ4n) is 2.36. The number of rotatable bonds is 6. The SMILES string of the molecule is CCC1CCNC(C(=O)N(C)CCOC(C)C)C1. The molecule has 0 aromatic rings. The highest BCUT2D eigenvalue weighted by atomic mass is 16.5. The molecule has 0 bridgehead atoms. The van der Waals surface area contributed by atoms with Gasteiger partial charge in [-0.2, -0.15) is 0 Å². The highest BCUT2D eigenvalue weighted by Gasteiger charge is 2.27. The molecule has 0 saturated carbocycles. The molecule has 2 unspecified atom stereocenters. The number of carbonyl (C=O) groups excluding carboxylic acids is 1. The van der Waals surface area contributed by atoms with Crippen molar-refractivity contribution in [3.63, 3.8) is 0 Å². The van der Waals surface area contributed by atoms with E-state index < -0.39 is 0 Å². The van der Waals surface area contributed by atoms with Gasteiger partial charge in [-0.05, 0) is 39.2 Å². The van der Waals surface area contributed by atoms with Crippen LogP contribution in [-0.2, 0) is 9.53 Å². The summed E-state index contributed by atoms with van der Waals surface area (Å²) >= 11 is 0. The molecular weight excluding hydrogens is 228 g/mol. The monoisotopic (exact) mass is 256 g/mol. The molecule has 0 aromatic heterocycles. The minimum atomic E-state index is 0.00718. The first-order valence-corrected chi connectivity index (χ1v) is 7.14. The van der Waals surface area contributed by atoms with Crippen molar-refractivity contribution in [1.82, 2.24) is 10.2 Å². The van der Waals surface area contributed by atoms with Gasteiger partial charge >= 0.3 is 0 Å². The van der Waals surface area contributed by atoms with Crippen LogP contribution in [0.25, 0.3) is 0 Å². The summed E-state index contributed by atoms with van der Waals surface area (Å²) in [4.78, 5) is 14.0. The first-order valence-electron chi connectivity index (χ1n) is 7.14. The van der Waals surface area contributed by atoms with Gasteiger partial charge in [-0.3, -0.25) is 4.79 Å². The van der Waals surface area contributed by atoms with Crippen LogP contribution in [0.5, 0.6) is 0 Å². The molecule has 1 amide bonds. The molecule has 18 heavy (non-hydrogen) atoms. The van der Waals surface area contributed by atoms with Gasteiger partial charge in [0.2, 0.25) is 5.91 Å². The molecule has 4 nitrogen and oxygen atoms in total. The van der Waals surface area contributed by atoms with Crippen molar-refractivity contribution in [3.8, 4) is 0 Å². The normalized spacial score (nSPS) is 24.3. The predicted molar refractivity (Wildman–Crippen MR) is 73.5 cm³/mol. The Hall–Kier alpha value is -0.610. The number of carbonyl (C=O) groups is 1. The zero-order valence-corrected chi connectivity index (χ0v) is 12.2. The summed E-state index contributed by atoms with van der Waals surface area (Å²) < 4.78 is 5.48. The van der Waals surface area contributed by atoms with Crippen LogP contribution in [0.15, 0.2) is 0 Å². The summed E-state index contributed by atoms with van der Waals surface area (Å²) in [6.07, 6.45) is 3.57. The molecule has 1 saturated heterocycles. The summed E-state index contributed by atoms with van der Waals surface area (Å²) in [5, 5.41) is 3.33. The molecule has 1 fully saturated rings. The maximum atomic E-state index is 12.2. The number of hydrogen-bond donors (Lipinski definition) is 1. The number of amides is 1. The quantitative estimate of drug-likeness (QED) is 0.785. The number of nitrogens with zero attached hydrogens (tertiary/aromatic N) is 1. The first-order chi connectivity index (χ1) is 8.54. The van der Waals surface area contributed by atoms with E-state index in [-0.39, 0.29) is 18.1 Å². The lowest BCUT2D eigenvalue weighted by atomic mass is 9.90. The van der Waals surface area contributed by atoms with Gasteiger partial charge in [-0.25, -0.2) is 0 Å². The van der Waals surface area contributed by atoms with Crippen molar-refractivity contribution >= 4 is 5.91 Å². The summed E-state index contributed by atoms with van der Waals surface area (Å²) in [6.45, 7) is 8.48. The van der Waals surface area contributed by atoms with Crippen molar-refractivity contribution in [2.24, 2.45) is 5.92 Å². The Bertz CT molecular complexity index is 256. The largest absolute Gasteiger partial charge is 0.377 e. The number of ether oxygens (including phenoxy) is 1. The van der Waals surface area contributed by atoms with Crippen LogP contribution in [0.4, 0.5) is 0 Å². The third kappa shape index (κ3) is 4.94. The lowest BCUT2D eigenvalue weighted by Gasteiger charge is -2.31. The molecule has 1 aliphatic heterocycles. The van der Waals surface area contributed by atoms with Gasteiger partial charge in [0.05, 0.1) is 18.8 Å². The molecule has 106 valence electrons. The molecule has 0 radical (unpaired) electrons. The molecule has 4 heteroatoms. The van der Waals surface area contributed by atoms with Crippen molar-refractivity contribution in [2.75, 3.05) is 26.7 Å². The second kappa shape index (κ2) is 7.74. The maximum absolute atomic E-state index is 12.2. The molecule has 0 aromatic carbocycles. The molecular formula is C14H28N2O2. The van der Waals surface area contributed by atoms with Crippen LogP contribution in [0, 0.1) is 5.92 Å². The second-order valence-corrected chi connectivity index (χ2v) is 5.48. The predicted octanol–water partition coefficient (Wildman–Crippen LogP) is 1.65. The van der Waals surface area contributed by atoms with Gasteiger partial charge in [0.25, 0.3) is 0 Å². The van der Waals surface area contributed by atoms with E-state index in [0.29, 0.717) is 19.1 Å². The van der Waals surface area contributed by atoms with Crippen molar-refractivity contribution in [2.45, 2.75) is 52.2 Å². The van der Waals surface area contributed by atoms with Crippen molar-refractivity contribution < 1.29 is 9.53 Å². The molecule has 1 N–H and O–H groups in total. The minimum Gasteiger partial charge on any atom is -0.377 e. The Morgan fingerprint density at radius 3 is 2.83 bits per heavy atom. The van der Waals surface area contributed by atoms with Gasteiger partial charge < -0.3 is 15.0 Å².